The molecule has 7 nitrogen and oxygen atoms in total. The van der Waals surface area contributed by atoms with E-state index >= 15 is 0 Å². The molecule has 0 spiro atoms. The van der Waals surface area contributed by atoms with Gasteiger partial charge in [-0.3, -0.25) is 4.79 Å². The predicted octanol–water partition coefficient (Wildman–Crippen LogP) is 3.31. The monoisotopic (exact) mass is 372 g/mol. The van der Waals surface area contributed by atoms with Crippen LogP contribution in [0.3, 0.4) is 0 Å². The number of nitrogens with one attached hydrogen (secondary N) is 1. The van der Waals surface area contributed by atoms with Crippen molar-refractivity contribution in [2.24, 2.45) is 0 Å². The lowest BCUT2D eigenvalue weighted by atomic mass is 9.84. The molecule has 1 aromatic heterocycles. The predicted molar refractivity (Wildman–Crippen MR) is 104 cm³/mol. The van der Waals surface area contributed by atoms with Crippen LogP contribution in [0.4, 0.5) is 5.69 Å². The zero-order valence-electron chi connectivity index (χ0n) is 14.7. The zero-order chi connectivity index (χ0) is 19.3. The molecule has 28 heavy (non-hydrogen) atoms. The minimum atomic E-state index is -0.306. The minimum absolute atomic E-state index is 0.111. The van der Waals surface area contributed by atoms with Gasteiger partial charge in [0.05, 0.1) is 5.69 Å². The molecule has 0 radical (unpaired) electrons. The van der Waals surface area contributed by atoms with E-state index in [1.54, 1.807) is 10.9 Å². The third kappa shape index (κ3) is 2.56. The van der Waals surface area contributed by atoms with Gasteiger partial charge in [0.15, 0.2) is 11.5 Å². The quantitative estimate of drug-likeness (QED) is 0.469. The molecular weight excluding hydrogens is 356 g/mol. The lowest BCUT2D eigenvalue weighted by molar-refractivity contribution is -0.116. The van der Waals surface area contributed by atoms with Crippen molar-refractivity contribution in [2.75, 3.05) is 5.32 Å². The first-order chi connectivity index (χ1) is 13.6. The number of phenols is 2. The molecule has 0 saturated carbocycles. The molecule has 3 N–H and O–H groups in total. The molecule has 0 bridgehead atoms. The van der Waals surface area contributed by atoms with E-state index in [2.05, 4.69) is 15.5 Å². The standard InChI is InChI=1S/C21H16N4O3/c26-17-9-6-12(10-18(17)27)14-11-19(28)22-15-7-8-16-21(20(14)15)24-25(23-16)13-4-2-1-3-5-13/h1-10,14,26-27H,11H2,(H,22,28). The maximum absolute atomic E-state index is 12.3. The van der Waals surface area contributed by atoms with E-state index in [0.29, 0.717) is 16.7 Å². The highest BCUT2D eigenvalue weighted by Crippen LogP contribution is 2.42. The van der Waals surface area contributed by atoms with Gasteiger partial charge in [0.2, 0.25) is 5.91 Å². The topological polar surface area (TPSA) is 100 Å². The van der Waals surface area contributed by atoms with Crippen LogP contribution in [0.15, 0.2) is 60.7 Å². The largest absolute Gasteiger partial charge is 0.504 e. The number of aromatic nitrogens is 3. The number of hydrogen-bond donors (Lipinski definition) is 3. The molecule has 1 amide bonds. The van der Waals surface area contributed by atoms with E-state index < -0.39 is 0 Å². The number of para-hydroxylation sites is 1. The van der Waals surface area contributed by atoms with Crippen molar-refractivity contribution in [2.45, 2.75) is 12.3 Å². The number of anilines is 1. The van der Waals surface area contributed by atoms with E-state index in [-0.39, 0.29) is 29.7 Å². The van der Waals surface area contributed by atoms with Crippen molar-refractivity contribution >= 4 is 22.6 Å². The number of fused-ring (bicyclic) bond motifs is 3. The summed E-state index contributed by atoms with van der Waals surface area (Å²) in [5, 5.41) is 31.7. The van der Waals surface area contributed by atoms with Gasteiger partial charge in [-0.25, -0.2) is 0 Å². The number of phenolic OH excluding ortho intramolecular Hbond substituents is 2. The third-order valence-electron chi connectivity index (χ3n) is 4.99. The molecule has 7 heteroatoms. The van der Waals surface area contributed by atoms with Gasteiger partial charge in [-0.2, -0.15) is 4.80 Å². The van der Waals surface area contributed by atoms with Crippen LogP contribution < -0.4 is 5.32 Å². The Hall–Kier alpha value is -3.87. The third-order valence-corrected chi connectivity index (χ3v) is 4.99. The Bertz CT molecular complexity index is 1220. The smallest absolute Gasteiger partial charge is 0.225 e. The van der Waals surface area contributed by atoms with Gasteiger partial charge in [0.1, 0.15) is 11.0 Å². The lowest BCUT2D eigenvalue weighted by Crippen LogP contribution is -2.23. The maximum atomic E-state index is 12.3. The normalized spacial score (nSPS) is 16.0. The highest BCUT2D eigenvalue weighted by molar-refractivity contribution is 5.99. The van der Waals surface area contributed by atoms with Crippen molar-refractivity contribution in [1.29, 1.82) is 0 Å². The molecule has 0 saturated heterocycles. The van der Waals surface area contributed by atoms with Crippen LogP contribution in [0, 0.1) is 0 Å². The SMILES string of the molecule is O=C1CC(c2ccc(O)c(O)c2)c2c(ccc3nn(-c4ccccc4)nc23)N1. The van der Waals surface area contributed by atoms with Gasteiger partial charge in [-0.05, 0) is 42.0 Å². The Balaban J connectivity index is 1.72. The van der Waals surface area contributed by atoms with Crippen molar-refractivity contribution < 1.29 is 15.0 Å². The molecule has 2 heterocycles. The Kier molecular flexibility index (Phi) is 3.55. The number of benzene rings is 3. The molecule has 4 aromatic rings. The Morgan fingerprint density at radius 2 is 1.79 bits per heavy atom. The van der Waals surface area contributed by atoms with Crippen LogP contribution >= 0.6 is 0 Å². The second kappa shape index (κ2) is 6.09. The number of hydrogen-bond acceptors (Lipinski definition) is 5. The molecule has 1 aliphatic heterocycles. The minimum Gasteiger partial charge on any atom is -0.504 e. The Labute approximate surface area is 159 Å². The fourth-order valence-corrected chi connectivity index (χ4v) is 3.67. The van der Waals surface area contributed by atoms with E-state index in [1.807, 2.05) is 42.5 Å². The van der Waals surface area contributed by atoms with Crippen LogP contribution in [-0.2, 0) is 4.79 Å². The van der Waals surface area contributed by atoms with Crippen molar-refractivity contribution in [1.82, 2.24) is 15.0 Å². The Morgan fingerprint density at radius 1 is 0.964 bits per heavy atom. The number of carbonyl (C=O) groups is 1. The second-order valence-corrected chi connectivity index (χ2v) is 6.77. The van der Waals surface area contributed by atoms with Crippen LogP contribution in [0.5, 0.6) is 11.5 Å². The zero-order valence-corrected chi connectivity index (χ0v) is 14.7. The van der Waals surface area contributed by atoms with Gasteiger partial charge >= 0.3 is 0 Å². The van der Waals surface area contributed by atoms with E-state index in [1.165, 1.54) is 12.1 Å². The van der Waals surface area contributed by atoms with Crippen LogP contribution in [-0.4, -0.2) is 31.1 Å². The summed E-state index contributed by atoms with van der Waals surface area (Å²) >= 11 is 0. The summed E-state index contributed by atoms with van der Waals surface area (Å²) in [6.45, 7) is 0. The van der Waals surface area contributed by atoms with Crippen molar-refractivity contribution in [3.8, 4) is 17.2 Å². The molecule has 0 fully saturated rings. The number of carbonyl (C=O) groups excluding carboxylic acids is 1. The Morgan fingerprint density at radius 3 is 2.57 bits per heavy atom. The number of aromatic hydroxyl groups is 2. The summed E-state index contributed by atoms with van der Waals surface area (Å²) in [4.78, 5) is 13.8. The van der Waals surface area contributed by atoms with Crippen molar-refractivity contribution in [3.05, 3.63) is 71.8 Å². The molecule has 1 atom stereocenters. The van der Waals surface area contributed by atoms with Crippen LogP contribution in [0.2, 0.25) is 0 Å². The lowest BCUT2D eigenvalue weighted by Gasteiger charge is -2.26. The highest BCUT2D eigenvalue weighted by Gasteiger charge is 2.30. The first kappa shape index (κ1) is 16.3. The summed E-state index contributed by atoms with van der Waals surface area (Å²) in [6, 6.07) is 17.9. The molecule has 5 rings (SSSR count). The van der Waals surface area contributed by atoms with Crippen molar-refractivity contribution in [3.63, 3.8) is 0 Å². The molecule has 0 aliphatic carbocycles. The first-order valence-electron chi connectivity index (χ1n) is 8.87. The average molecular weight is 372 g/mol. The van der Waals surface area contributed by atoms with E-state index in [0.717, 1.165) is 16.8 Å². The number of amides is 1. The maximum Gasteiger partial charge on any atom is 0.225 e. The summed E-state index contributed by atoms with van der Waals surface area (Å²) in [5.74, 6) is -0.831. The molecule has 1 aliphatic rings. The van der Waals surface area contributed by atoms with Gasteiger partial charge in [0.25, 0.3) is 0 Å². The molecule has 3 aromatic carbocycles. The molecular formula is C21H16N4O3. The van der Waals surface area contributed by atoms with Crippen LogP contribution in [0.25, 0.3) is 16.7 Å². The highest BCUT2D eigenvalue weighted by atomic mass is 16.3. The summed E-state index contributed by atoms with van der Waals surface area (Å²) in [7, 11) is 0. The average Bonchev–Trinajstić information content (AvgIpc) is 3.14. The second-order valence-electron chi connectivity index (χ2n) is 6.77. The van der Waals surface area contributed by atoms with Gasteiger partial charge in [-0.1, -0.05) is 24.3 Å². The summed E-state index contributed by atoms with van der Waals surface area (Å²) in [6.07, 6.45) is 0.217. The molecule has 1 unspecified atom stereocenters. The fourth-order valence-electron chi connectivity index (χ4n) is 3.67. The van der Waals surface area contributed by atoms with Gasteiger partial charge in [0, 0.05) is 23.6 Å². The van der Waals surface area contributed by atoms with Gasteiger partial charge < -0.3 is 15.5 Å². The van der Waals surface area contributed by atoms with Crippen LogP contribution in [0.1, 0.15) is 23.5 Å². The number of rotatable bonds is 2. The summed E-state index contributed by atoms with van der Waals surface area (Å²) < 4.78 is 0. The van der Waals surface area contributed by atoms with E-state index in [4.69, 9.17) is 0 Å². The van der Waals surface area contributed by atoms with E-state index in [9.17, 15) is 15.0 Å². The number of nitrogens with zero attached hydrogens (tertiary/aromatic N) is 3. The van der Waals surface area contributed by atoms with Gasteiger partial charge in [-0.15, -0.1) is 10.2 Å². The fraction of sp³-hybridized carbons (Fsp3) is 0.0952. The summed E-state index contributed by atoms with van der Waals surface area (Å²) in [5.41, 5.74) is 4.51. The molecule has 138 valence electrons. The first-order valence-corrected chi connectivity index (χ1v) is 8.87.